The predicted octanol–water partition coefficient (Wildman–Crippen LogP) is 3.19. The van der Waals surface area contributed by atoms with Crippen LogP contribution in [0.3, 0.4) is 0 Å². The van der Waals surface area contributed by atoms with Gasteiger partial charge in [0.1, 0.15) is 5.82 Å². The monoisotopic (exact) mass is 365 g/mol. The smallest absolute Gasteiger partial charge is 0.260 e. The summed E-state index contributed by atoms with van der Waals surface area (Å²) in [7, 11) is 1.40. The van der Waals surface area contributed by atoms with E-state index in [4.69, 9.17) is 4.74 Å². The maximum atomic E-state index is 14.1. The Balaban J connectivity index is 1.79. The minimum atomic E-state index is -0.567. The van der Waals surface area contributed by atoms with Crippen LogP contribution < -0.4 is 9.64 Å². The number of methoxy groups -OCH3 is 1. The van der Waals surface area contributed by atoms with Crippen molar-refractivity contribution < 1.29 is 13.9 Å². The largest absolute Gasteiger partial charge is 0.494 e. The molecule has 4 rings (SSSR count). The van der Waals surface area contributed by atoms with Gasteiger partial charge < -0.3 is 4.74 Å². The number of anilines is 1. The van der Waals surface area contributed by atoms with Crippen LogP contribution in [0.25, 0.3) is 11.6 Å². The van der Waals surface area contributed by atoms with E-state index in [2.05, 4.69) is 19.9 Å². The first-order valence-corrected chi connectivity index (χ1v) is 8.45. The van der Waals surface area contributed by atoms with Gasteiger partial charge in [-0.05, 0) is 36.2 Å². The van der Waals surface area contributed by atoms with Gasteiger partial charge in [0.15, 0.2) is 23.2 Å². The van der Waals surface area contributed by atoms with Crippen LogP contribution in [0.5, 0.6) is 5.75 Å². The van der Waals surface area contributed by atoms with Crippen LogP contribution in [-0.2, 0) is 0 Å². The molecule has 1 aliphatic rings. The average Bonchev–Trinajstić information content (AvgIpc) is 2.99. The Morgan fingerprint density at radius 2 is 1.89 bits per heavy atom. The number of halogens is 1. The van der Waals surface area contributed by atoms with Gasteiger partial charge in [-0.3, -0.25) is 9.69 Å². The number of hydrogen-bond donors (Lipinski definition) is 0. The van der Waals surface area contributed by atoms with E-state index < -0.39 is 5.82 Å². The third kappa shape index (κ3) is 2.79. The molecule has 8 heteroatoms. The molecule has 27 heavy (non-hydrogen) atoms. The molecule has 0 fully saturated rings. The summed E-state index contributed by atoms with van der Waals surface area (Å²) < 4.78 is 19.2. The molecule has 0 bridgehead atoms. The van der Waals surface area contributed by atoms with E-state index in [1.165, 1.54) is 13.2 Å². The molecule has 3 aromatic rings. The maximum Gasteiger partial charge on any atom is 0.260 e. The van der Waals surface area contributed by atoms with E-state index >= 15 is 0 Å². The molecule has 0 aliphatic carbocycles. The van der Waals surface area contributed by atoms with Gasteiger partial charge in [-0.15, -0.1) is 0 Å². The molecule has 0 unspecified atom stereocenters. The lowest BCUT2D eigenvalue weighted by Crippen LogP contribution is -2.28. The zero-order valence-corrected chi connectivity index (χ0v) is 14.8. The van der Waals surface area contributed by atoms with Crippen molar-refractivity contribution in [3.05, 3.63) is 59.8 Å². The standard InChI is InChI=1S/C19H16FN5O2/c1-3-14-11-10-15(27-2)13(20)9-12(11)19(26)25(14)16-5-8-23-18(24-16)17-21-6-4-7-22-17/h4-10,14H,3H2,1-2H3/t14-/m1/s1. The highest BCUT2D eigenvalue weighted by molar-refractivity contribution is 6.10. The van der Waals surface area contributed by atoms with Crippen LogP contribution >= 0.6 is 0 Å². The normalized spacial score (nSPS) is 15.7. The fraction of sp³-hybridized carbons (Fsp3) is 0.211. The summed E-state index contributed by atoms with van der Waals surface area (Å²) in [5.41, 5.74) is 1.04. The highest BCUT2D eigenvalue weighted by Crippen LogP contribution is 2.41. The zero-order chi connectivity index (χ0) is 19.0. The first kappa shape index (κ1) is 17.0. The zero-order valence-electron chi connectivity index (χ0n) is 14.8. The summed E-state index contributed by atoms with van der Waals surface area (Å²) in [5, 5.41) is 0. The number of carbonyl (C=O) groups is 1. The molecule has 3 heterocycles. The lowest BCUT2D eigenvalue weighted by atomic mass is 10.0. The molecule has 0 radical (unpaired) electrons. The van der Waals surface area contributed by atoms with Gasteiger partial charge in [0.2, 0.25) is 0 Å². The van der Waals surface area contributed by atoms with E-state index in [0.29, 0.717) is 29.5 Å². The molecule has 1 atom stereocenters. The molecule has 1 aliphatic heterocycles. The molecule has 0 N–H and O–H groups in total. The SMILES string of the molecule is CC[C@@H]1c2cc(OC)c(F)cc2C(=O)N1c1ccnc(-c2ncccn2)n1. The number of hydrogen-bond acceptors (Lipinski definition) is 6. The van der Waals surface area contributed by atoms with Crippen molar-refractivity contribution in [1.82, 2.24) is 19.9 Å². The van der Waals surface area contributed by atoms with E-state index in [1.54, 1.807) is 41.7 Å². The number of carbonyl (C=O) groups excluding carboxylic acids is 1. The van der Waals surface area contributed by atoms with Crippen molar-refractivity contribution in [2.24, 2.45) is 0 Å². The van der Waals surface area contributed by atoms with Crippen molar-refractivity contribution >= 4 is 11.7 Å². The number of ether oxygens (including phenoxy) is 1. The number of benzene rings is 1. The Bertz CT molecular complexity index is 1010. The van der Waals surface area contributed by atoms with Gasteiger partial charge in [0.05, 0.1) is 13.2 Å². The number of amides is 1. The Morgan fingerprint density at radius 3 is 2.59 bits per heavy atom. The molecular weight excluding hydrogens is 349 g/mol. The van der Waals surface area contributed by atoms with E-state index in [-0.39, 0.29) is 17.7 Å². The Morgan fingerprint density at radius 1 is 1.15 bits per heavy atom. The van der Waals surface area contributed by atoms with Gasteiger partial charge in [-0.2, -0.15) is 0 Å². The van der Waals surface area contributed by atoms with Crippen molar-refractivity contribution in [3.8, 4) is 17.4 Å². The summed E-state index contributed by atoms with van der Waals surface area (Å²) >= 11 is 0. The van der Waals surface area contributed by atoms with Crippen LogP contribution in [0.4, 0.5) is 10.2 Å². The summed E-state index contributed by atoms with van der Waals surface area (Å²) in [6.07, 6.45) is 5.38. The lowest BCUT2D eigenvalue weighted by molar-refractivity contribution is 0.0989. The number of rotatable bonds is 4. The van der Waals surface area contributed by atoms with Crippen molar-refractivity contribution in [2.45, 2.75) is 19.4 Å². The summed E-state index contributed by atoms with van der Waals surface area (Å²) in [6.45, 7) is 1.96. The van der Waals surface area contributed by atoms with Gasteiger partial charge in [-0.1, -0.05) is 6.92 Å². The minimum Gasteiger partial charge on any atom is -0.494 e. The predicted molar refractivity (Wildman–Crippen MR) is 95.9 cm³/mol. The van der Waals surface area contributed by atoms with E-state index in [9.17, 15) is 9.18 Å². The molecule has 2 aromatic heterocycles. The molecule has 136 valence electrons. The van der Waals surface area contributed by atoms with Crippen LogP contribution in [-0.4, -0.2) is 33.0 Å². The van der Waals surface area contributed by atoms with E-state index in [0.717, 1.165) is 5.56 Å². The summed E-state index contributed by atoms with van der Waals surface area (Å²) in [6, 6.07) is 5.87. The third-order valence-electron chi connectivity index (χ3n) is 4.48. The number of nitrogens with zero attached hydrogens (tertiary/aromatic N) is 5. The van der Waals surface area contributed by atoms with Crippen molar-refractivity contribution in [1.29, 1.82) is 0 Å². The minimum absolute atomic E-state index is 0.114. The van der Waals surface area contributed by atoms with Gasteiger partial charge in [0, 0.05) is 24.2 Å². The Labute approximate surface area is 154 Å². The third-order valence-corrected chi connectivity index (χ3v) is 4.48. The topological polar surface area (TPSA) is 81.1 Å². The quantitative estimate of drug-likeness (QED) is 0.706. The second-order valence-corrected chi connectivity index (χ2v) is 5.98. The fourth-order valence-corrected chi connectivity index (χ4v) is 3.27. The van der Waals surface area contributed by atoms with Crippen molar-refractivity contribution in [3.63, 3.8) is 0 Å². The number of aromatic nitrogens is 4. The first-order chi connectivity index (χ1) is 13.1. The molecule has 0 saturated heterocycles. The highest BCUT2D eigenvalue weighted by atomic mass is 19.1. The van der Waals surface area contributed by atoms with Gasteiger partial charge in [0.25, 0.3) is 5.91 Å². The Hall–Kier alpha value is -3.42. The summed E-state index contributed by atoms with van der Waals surface area (Å²) in [5.74, 6) is 0.335. The molecule has 7 nitrogen and oxygen atoms in total. The van der Waals surface area contributed by atoms with Crippen LogP contribution in [0.2, 0.25) is 0 Å². The average molecular weight is 365 g/mol. The fourth-order valence-electron chi connectivity index (χ4n) is 3.27. The van der Waals surface area contributed by atoms with Crippen molar-refractivity contribution in [2.75, 3.05) is 12.0 Å². The Kier molecular flexibility index (Phi) is 4.23. The maximum absolute atomic E-state index is 14.1. The molecule has 0 spiro atoms. The highest BCUT2D eigenvalue weighted by Gasteiger charge is 2.38. The second kappa shape index (κ2) is 6.71. The number of fused-ring (bicyclic) bond motifs is 1. The molecule has 1 amide bonds. The van der Waals surface area contributed by atoms with Crippen LogP contribution in [0.1, 0.15) is 35.3 Å². The molecular formula is C19H16FN5O2. The van der Waals surface area contributed by atoms with Gasteiger partial charge in [-0.25, -0.2) is 24.3 Å². The lowest BCUT2D eigenvalue weighted by Gasteiger charge is -2.23. The first-order valence-electron chi connectivity index (χ1n) is 8.45. The molecule has 0 saturated carbocycles. The second-order valence-electron chi connectivity index (χ2n) is 5.98. The van der Waals surface area contributed by atoms with Gasteiger partial charge >= 0.3 is 0 Å². The van der Waals surface area contributed by atoms with E-state index in [1.807, 2.05) is 6.92 Å². The van der Waals surface area contributed by atoms with Crippen LogP contribution in [0, 0.1) is 5.82 Å². The molecule has 1 aromatic carbocycles. The van der Waals surface area contributed by atoms with Crippen LogP contribution in [0.15, 0.2) is 42.9 Å². The summed E-state index contributed by atoms with van der Waals surface area (Å²) in [4.78, 5) is 31.5.